The standard InChI is InChI=1S/C12H23FN2/c1-11-12(5-2-8-14-11)6-3-9-15(12)10-4-7-13/h11,14H,2-10H2,1H3. The zero-order chi connectivity index (χ0) is 10.7. The van der Waals surface area contributed by atoms with Crippen molar-refractivity contribution in [3.63, 3.8) is 0 Å². The van der Waals surface area contributed by atoms with Gasteiger partial charge in [-0.2, -0.15) is 0 Å². The molecule has 2 rings (SSSR count). The van der Waals surface area contributed by atoms with Gasteiger partial charge in [0.25, 0.3) is 0 Å². The van der Waals surface area contributed by atoms with Crippen LogP contribution in [-0.2, 0) is 0 Å². The highest BCUT2D eigenvalue weighted by Crippen LogP contribution is 2.38. The molecule has 2 fully saturated rings. The summed E-state index contributed by atoms with van der Waals surface area (Å²) in [5.41, 5.74) is 0.355. The van der Waals surface area contributed by atoms with E-state index in [0.717, 1.165) is 13.1 Å². The zero-order valence-electron chi connectivity index (χ0n) is 9.77. The van der Waals surface area contributed by atoms with E-state index in [2.05, 4.69) is 17.1 Å². The first-order valence-electron chi connectivity index (χ1n) is 6.34. The number of alkyl halides is 1. The molecular formula is C12H23FN2. The van der Waals surface area contributed by atoms with Crippen molar-refractivity contribution in [2.75, 3.05) is 26.3 Å². The Hall–Kier alpha value is -0.150. The second-order valence-corrected chi connectivity index (χ2v) is 5.02. The lowest BCUT2D eigenvalue weighted by Gasteiger charge is -2.47. The maximum Gasteiger partial charge on any atom is 0.0906 e. The number of hydrogen-bond donors (Lipinski definition) is 1. The third-order valence-electron chi connectivity index (χ3n) is 4.27. The van der Waals surface area contributed by atoms with E-state index in [1.54, 1.807) is 0 Å². The van der Waals surface area contributed by atoms with Gasteiger partial charge in [-0.25, -0.2) is 0 Å². The van der Waals surface area contributed by atoms with E-state index in [1.807, 2.05) is 0 Å². The largest absolute Gasteiger partial charge is 0.312 e. The summed E-state index contributed by atoms with van der Waals surface area (Å²) in [5.74, 6) is 0. The number of halogens is 1. The first-order valence-corrected chi connectivity index (χ1v) is 6.34. The van der Waals surface area contributed by atoms with Gasteiger partial charge in [0.2, 0.25) is 0 Å². The Bertz CT molecular complexity index is 210. The van der Waals surface area contributed by atoms with Crippen LogP contribution < -0.4 is 5.32 Å². The van der Waals surface area contributed by atoms with Crippen molar-refractivity contribution in [1.29, 1.82) is 0 Å². The summed E-state index contributed by atoms with van der Waals surface area (Å²) in [4.78, 5) is 2.55. The first kappa shape index (κ1) is 11.3. The maximum atomic E-state index is 12.3. The predicted octanol–water partition coefficient (Wildman–Crippen LogP) is 1.95. The van der Waals surface area contributed by atoms with Crippen LogP contribution in [0.2, 0.25) is 0 Å². The number of rotatable bonds is 3. The van der Waals surface area contributed by atoms with Crippen molar-refractivity contribution in [3.8, 4) is 0 Å². The van der Waals surface area contributed by atoms with E-state index < -0.39 is 0 Å². The smallest absolute Gasteiger partial charge is 0.0906 e. The van der Waals surface area contributed by atoms with Gasteiger partial charge in [-0.1, -0.05) is 0 Å². The molecule has 1 N–H and O–H groups in total. The molecule has 3 heteroatoms. The van der Waals surface area contributed by atoms with Gasteiger partial charge in [-0.05, 0) is 52.1 Å². The molecule has 2 aliphatic rings. The fourth-order valence-corrected chi connectivity index (χ4v) is 3.43. The summed E-state index contributed by atoms with van der Waals surface area (Å²) in [5, 5.41) is 3.59. The SMILES string of the molecule is CC1NCCCC12CCCN2CCCF. The van der Waals surface area contributed by atoms with Crippen LogP contribution in [0.25, 0.3) is 0 Å². The number of piperidine rings is 1. The van der Waals surface area contributed by atoms with E-state index in [-0.39, 0.29) is 6.67 Å². The van der Waals surface area contributed by atoms with Crippen LogP contribution in [0.1, 0.15) is 39.0 Å². The molecule has 15 heavy (non-hydrogen) atoms. The molecule has 0 aromatic carbocycles. The number of hydrogen-bond acceptors (Lipinski definition) is 2. The van der Waals surface area contributed by atoms with E-state index in [0.29, 0.717) is 18.0 Å². The Balaban J connectivity index is 2.02. The van der Waals surface area contributed by atoms with Crippen molar-refractivity contribution in [1.82, 2.24) is 10.2 Å². The van der Waals surface area contributed by atoms with Crippen molar-refractivity contribution in [2.45, 2.75) is 50.6 Å². The molecule has 2 unspecified atom stereocenters. The molecule has 2 heterocycles. The average Bonchev–Trinajstić information content (AvgIpc) is 2.64. The van der Waals surface area contributed by atoms with Gasteiger partial charge in [-0.15, -0.1) is 0 Å². The van der Waals surface area contributed by atoms with Crippen molar-refractivity contribution >= 4 is 0 Å². The minimum Gasteiger partial charge on any atom is -0.312 e. The molecule has 0 aromatic rings. The Morgan fingerprint density at radius 2 is 2.20 bits per heavy atom. The van der Waals surface area contributed by atoms with Crippen LogP contribution >= 0.6 is 0 Å². The van der Waals surface area contributed by atoms with Gasteiger partial charge in [0.1, 0.15) is 0 Å². The molecule has 1 spiro atoms. The summed E-state index contributed by atoms with van der Waals surface area (Å²) in [7, 11) is 0. The molecule has 2 nitrogen and oxygen atoms in total. The fourth-order valence-electron chi connectivity index (χ4n) is 3.43. The van der Waals surface area contributed by atoms with Gasteiger partial charge in [-0.3, -0.25) is 9.29 Å². The molecule has 0 bridgehead atoms. The minimum absolute atomic E-state index is 0.172. The summed E-state index contributed by atoms with van der Waals surface area (Å²) < 4.78 is 12.3. The molecule has 88 valence electrons. The summed E-state index contributed by atoms with van der Waals surface area (Å²) >= 11 is 0. The Labute approximate surface area is 92.2 Å². The molecule has 0 radical (unpaired) electrons. The normalized spacial score (nSPS) is 37.6. The number of likely N-dealkylation sites (tertiary alicyclic amines) is 1. The van der Waals surface area contributed by atoms with E-state index >= 15 is 0 Å². The van der Waals surface area contributed by atoms with E-state index in [1.165, 1.54) is 32.2 Å². The first-order chi connectivity index (χ1) is 7.29. The summed E-state index contributed by atoms with van der Waals surface area (Å²) in [6.45, 7) is 5.40. The maximum absolute atomic E-state index is 12.3. The average molecular weight is 214 g/mol. The van der Waals surface area contributed by atoms with Crippen molar-refractivity contribution in [3.05, 3.63) is 0 Å². The number of nitrogens with zero attached hydrogens (tertiary/aromatic N) is 1. The Morgan fingerprint density at radius 1 is 1.40 bits per heavy atom. The molecule has 2 saturated heterocycles. The lowest BCUT2D eigenvalue weighted by atomic mass is 9.81. The minimum atomic E-state index is -0.172. The van der Waals surface area contributed by atoms with Crippen LogP contribution in [0.15, 0.2) is 0 Å². The molecule has 0 saturated carbocycles. The molecule has 0 aromatic heterocycles. The van der Waals surface area contributed by atoms with Gasteiger partial charge in [0, 0.05) is 18.1 Å². The van der Waals surface area contributed by atoms with E-state index in [4.69, 9.17) is 0 Å². The van der Waals surface area contributed by atoms with Gasteiger partial charge < -0.3 is 5.32 Å². The molecular weight excluding hydrogens is 191 g/mol. The third-order valence-corrected chi connectivity index (χ3v) is 4.27. The quantitative estimate of drug-likeness (QED) is 0.772. The molecule has 2 atom stereocenters. The topological polar surface area (TPSA) is 15.3 Å². The highest BCUT2D eigenvalue weighted by Gasteiger charge is 2.45. The van der Waals surface area contributed by atoms with E-state index in [9.17, 15) is 4.39 Å². The lowest BCUT2D eigenvalue weighted by Crippen LogP contribution is -2.60. The predicted molar refractivity (Wildman–Crippen MR) is 60.8 cm³/mol. The lowest BCUT2D eigenvalue weighted by molar-refractivity contribution is 0.0654. The highest BCUT2D eigenvalue weighted by atomic mass is 19.1. The van der Waals surface area contributed by atoms with Gasteiger partial charge >= 0.3 is 0 Å². The van der Waals surface area contributed by atoms with Crippen LogP contribution in [0.4, 0.5) is 4.39 Å². The van der Waals surface area contributed by atoms with Crippen LogP contribution in [0.3, 0.4) is 0 Å². The van der Waals surface area contributed by atoms with Crippen molar-refractivity contribution < 1.29 is 4.39 Å². The zero-order valence-corrected chi connectivity index (χ0v) is 9.77. The fraction of sp³-hybridized carbons (Fsp3) is 1.00. The summed E-state index contributed by atoms with van der Waals surface area (Å²) in [6, 6.07) is 0.577. The number of nitrogens with one attached hydrogen (secondary N) is 1. The Kier molecular flexibility index (Phi) is 3.62. The van der Waals surface area contributed by atoms with Crippen molar-refractivity contribution in [2.24, 2.45) is 0 Å². The molecule has 0 aliphatic carbocycles. The monoisotopic (exact) mass is 214 g/mol. The highest BCUT2D eigenvalue weighted by molar-refractivity contribution is 5.04. The third kappa shape index (κ3) is 2.04. The van der Waals surface area contributed by atoms with Crippen LogP contribution in [0.5, 0.6) is 0 Å². The second kappa shape index (κ2) is 4.79. The summed E-state index contributed by atoms with van der Waals surface area (Å²) in [6.07, 6.45) is 5.87. The molecule has 2 aliphatic heterocycles. The van der Waals surface area contributed by atoms with Gasteiger partial charge in [0.15, 0.2) is 0 Å². The van der Waals surface area contributed by atoms with Gasteiger partial charge in [0.05, 0.1) is 6.67 Å². The van der Waals surface area contributed by atoms with Crippen LogP contribution in [0, 0.1) is 0 Å². The van der Waals surface area contributed by atoms with Crippen LogP contribution in [-0.4, -0.2) is 42.8 Å². The molecule has 0 amide bonds. The second-order valence-electron chi connectivity index (χ2n) is 5.02. The Morgan fingerprint density at radius 3 is 2.93 bits per heavy atom.